The number of rotatable bonds is 3. The van der Waals surface area contributed by atoms with Crippen LogP contribution in [0.2, 0.25) is 0 Å². The SMILES string of the molecule is [B]C(O)(c1cc(C)c(-c2ccc(C(F)(F)F)cc2O)nn1)[C@@H]1CCCN(C)C1. The fourth-order valence-electron chi connectivity index (χ4n) is 3.59. The quantitative estimate of drug-likeness (QED) is 0.788. The number of hydrogen-bond acceptors (Lipinski definition) is 5. The smallest absolute Gasteiger partial charge is 0.416 e. The monoisotopic (exact) mass is 391 g/mol. The van der Waals surface area contributed by atoms with Crippen LogP contribution in [0.3, 0.4) is 0 Å². The van der Waals surface area contributed by atoms with Gasteiger partial charge < -0.3 is 15.1 Å². The van der Waals surface area contributed by atoms with Crippen molar-refractivity contribution < 1.29 is 23.4 Å². The highest BCUT2D eigenvalue weighted by molar-refractivity contribution is 6.14. The van der Waals surface area contributed by atoms with Gasteiger partial charge in [0.2, 0.25) is 0 Å². The Bertz CT molecular complexity index is 874. The molecule has 0 saturated carbocycles. The van der Waals surface area contributed by atoms with E-state index in [2.05, 4.69) is 15.1 Å². The lowest BCUT2D eigenvalue weighted by molar-refractivity contribution is -0.137. The van der Waals surface area contributed by atoms with Crippen LogP contribution in [-0.4, -0.2) is 53.3 Å². The van der Waals surface area contributed by atoms with E-state index in [-0.39, 0.29) is 22.9 Å². The Labute approximate surface area is 162 Å². The Hall–Kier alpha value is -2.13. The second kappa shape index (κ2) is 7.37. The summed E-state index contributed by atoms with van der Waals surface area (Å²) in [7, 11) is 8.14. The van der Waals surface area contributed by atoms with E-state index >= 15 is 0 Å². The molecule has 1 unspecified atom stereocenters. The van der Waals surface area contributed by atoms with Crippen molar-refractivity contribution in [3.05, 3.63) is 41.1 Å². The fourth-order valence-corrected chi connectivity index (χ4v) is 3.59. The average molecular weight is 391 g/mol. The van der Waals surface area contributed by atoms with E-state index in [1.165, 1.54) is 0 Å². The number of nitrogens with zero attached hydrogens (tertiary/aromatic N) is 3. The molecule has 1 aliphatic rings. The molecule has 1 saturated heterocycles. The Morgan fingerprint density at radius 2 is 1.93 bits per heavy atom. The zero-order chi connectivity index (χ0) is 20.7. The molecule has 2 atom stereocenters. The van der Waals surface area contributed by atoms with E-state index in [0.29, 0.717) is 18.2 Å². The molecular weight excluding hydrogens is 370 g/mol. The van der Waals surface area contributed by atoms with Crippen LogP contribution >= 0.6 is 0 Å². The number of halogens is 3. The molecular formula is C19H21BF3N3O2. The number of phenolic OH excluding ortho intramolecular Hbond substituents is 1. The predicted molar refractivity (Wildman–Crippen MR) is 98.7 cm³/mol. The summed E-state index contributed by atoms with van der Waals surface area (Å²) in [5.74, 6) is -0.762. The van der Waals surface area contributed by atoms with Crippen LogP contribution in [0.5, 0.6) is 5.75 Å². The number of likely N-dealkylation sites (tertiary alicyclic amines) is 1. The van der Waals surface area contributed by atoms with Gasteiger partial charge in [-0.3, -0.25) is 0 Å². The number of aromatic hydroxyl groups is 1. The lowest BCUT2D eigenvalue weighted by atomic mass is 9.66. The normalized spacial score (nSPS) is 20.7. The van der Waals surface area contributed by atoms with E-state index in [1.807, 2.05) is 7.05 Å². The highest BCUT2D eigenvalue weighted by Crippen LogP contribution is 2.38. The summed E-state index contributed by atoms with van der Waals surface area (Å²) in [6.45, 7) is 3.23. The zero-order valence-corrected chi connectivity index (χ0v) is 15.7. The molecule has 2 aromatic rings. The first-order chi connectivity index (χ1) is 13.0. The second-order valence-corrected chi connectivity index (χ2v) is 7.42. The largest absolute Gasteiger partial charge is 0.507 e. The van der Waals surface area contributed by atoms with Gasteiger partial charge in [0.1, 0.15) is 13.6 Å². The van der Waals surface area contributed by atoms with Crippen molar-refractivity contribution in [3.63, 3.8) is 0 Å². The van der Waals surface area contributed by atoms with Gasteiger partial charge in [0.25, 0.3) is 0 Å². The van der Waals surface area contributed by atoms with Gasteiger partial charge in [0.15, 0.2) is 0 Å². The molecule has 0 amide bonds. The molecule has 1 aromatic heterocycles. The number of aryl methyl sites for hydroxylation is 1. The maximum absolute atomic E-state index is 12.8. The van der Waals surface area contributed by atoms with Gasteiger partial charge in [0.05, 0.1) is 22.5 Å². The summed E-state index contributed by atoms with van der Waals surface area (Å²) in [5, 5.41) is 29.0. The summed E-state index contributed by atoms with van der Waals surface area (Å²) in [6.07, 6.45) is -2.89. The molecule has 2 N–H and O–H groups in total. The maximum Gasteiger partial charge on any atom is 0.416 e. The molecule has 1 aliphatic heterocycles. The third-order valence-corrected chi connectivity index (χ3v) is 5.22. The first-order valence-corrected chi connectivity index (χ1v) is 8.95. The first kappa shape index (κ1) is 20.6. The molecule has 0 aliphatic carbocycles. The summed E-state index contributed by atoms with van der Waals surface area (Å²) < 4.78 is 38.4. The molecule has 0 spiro atoms. The number of alkyl halides is 3. The molecule has 28 heavy (non-hydrogen) atoms. The van der Waals surface area contributed by atoms with Crippen molar-refractivity contribution in [1.82, 2.24) is 15.1 Å². The minimum Gasteiger partial charge on any atom is -0.507 e. The first-order valence-electron chi connectivity index (χ1n) is 8.95. The number of benzene rings is 1. The van der Waals surface area contributed by atoms with Crippen LogP contribution in [0.25, 0.3) is 11.3 Å². The lowest BCUT2D eigenvalue weighted by Gasteiger charge is -2.39. The Kier molecular flexibility index (Phi) is 5.42. The van der Waals surface area contributed by atoms with Gasteiger partial charge in [-0.25, -0.2) is 0 Å². The van der Waals surface area contributed by atoms with E-state index in [9.17, 15) is 23.4 Å². The molecule has 3 rings (SSSR count). The van der Waals surface area contributed by atoms with E-state index in [4.69, 9.17) is 7.85 Å². The lowest BCUT2D eigenvalue weighted by Crippen LogP contribution is -2.45. The minimum atomic E-state index is -4.55. The third-order valence-electron chi connectivity index (χ3n) is 5.22. The van der Waals surface area contributed by atoms with Crippen molar-refractivity contribution in [2.24, 2.45) is 5.92 Å². The topological polar surface area (TPSA) is 69.5 Å². The fraction of sp³-hybridized carbons (Fsp3) is 0.474. The van der Waals surface area contributed by atoms with Crippen LogP contribution < -0.4 is 0 Å². The third kappa shape index (κ3) is 4.00. The van der Waals surface area contributed by atoms with E-state index in [1.54, 1.807) is 13.0 Å². The number of aromatic nitrogens is 2. The molecule has 1 aromatic carbocycles. The number of aliphatic hydroxyl groups is 1. The van der Waals surface area contributed by atoms with Crippen LogP contribution in [0.1, 0.15) is 29.7 Å². The number of piperidine rings is 1. The van der Waals surface area contributed by atoms with Crippen molar-refractivity contribution >= 4 is 7.85 Å². The summed E-state index contributed by atoms with van der Waals surface area (Å²) in [6, 6.07) is 4.25. The summed E-state index contributed by atoms with van der Waals surface area (Å²) in [5.41, 5.74) is -1.54. The summed E-state index contributed by atoms with van der Waals surface area (Å²) in [4.78, 5) is 2.08. The Morgan fingerprint density at radius 1 is 1.21 bits per heavy atom. The summed E-state index contributed by atoms with van der Waals surface area (Å²) >= 11 is 0. The van der Waals surface area contributed by atoms with Crippen molar-refractivity contribution in [3.8, 4) is 17.0 Å². The molecule has 1 fully saturated rings. The molecule has 9 heteroatoms. The highest BCUT2D eigenvalue weighted by Gasteiger charge is 2.37. The minimum absolute atomic E-state index is 0.127. The van der Waals surface area contributed by atoms with Gasteiger partial charge in [-0.1, -0.05) is 0 Å². The zero-order valence-electron chi connectivity index (χ0n) is 15.7. The van der Waals surface area contributed by atoms with E-state index < -0.39 is 23.0 Å². The van der Waals surface area contributed by atoms with Crippen molar-refractivity contribution in [2.45, 2.75) is 31.4 Å². The number of hydrogen-bond donors (Lipinski definition) is 2. The van der Waals surface area contributed by atoms with Gasteiger partial charge >= 0.3 is 6.18 Å². The maximum atomic E-state index is 12.8. The van der Waals surface area contributed by atoms with Crippen LogP contribution in [-0.2, 0) is 11.7 Å². The Morgan fingerprint density at radius 3 is 2.50 bits per heavy atom. The molecule has 2 heterocycles. The second-order valence-electron chi connectivity index (χ2n) is 7.42. The standard InChI is InChI=1S/C19H21BF3N3O2/c1-11-8-16(18(20,28)13-4-3-7-26(2)10-13)24-25-17(11)14-6-5-12(9-15(14)27)19(21,22)23/h5-6,8-9,13,27-28H,3-4,7,10H2,1-2H3/t13-,18?/m1/s1. The highest BCUT2D eigenvalue weighted by atomic mass is 19.4. The van der Waals surface area contributed by atoms with Crippen LogP contribution in [0.4, 0.5) is 13.2 Å². The van der Waals surface area contributed by atoms with Crippen LogP contribution in [0, 0.1) is 12.8 Å². The van der Waals surface area contributed by atoms with Crippen molar-refractivity contribution in [1.29, 1.82) is 0 Å². The van der Waals surface area contributed by atoms with Gasteiger partial charge in [-0.05, 0) is 69.1 Å². The van der Waals surface area contributed by atoms with Crippen molar-refractivity contribution in [2.75, 3.05) is 20.1 Å². The molecule has 2 radical (unpaired) electrons. The van der Waals surface area contributed by atoms with Gasteiger partial charge in [-0.15, -0.1) is 5.10 Å². The molecule has 5 nitrogen and oxygen atoms in total. The molecule has 148 valence electrons. The predicted octanol–water partition coefficient (Wildman–Crippen LogP) is 2.83. The van der Waals surface area contributed by atoms with Crippen LogP contribution in [0.15, 0.2) is 24.3 Å². The van der Waals surface area contributed by atoms with E-state index in [0.717, 1.165) is 31.5 Å². The number of phenols is 1. The molecule has 0 bridgehead atoms. The van der Waals surface area contributed by atoms with Gasteiger partial charge in [0, 0.05) is 12.1 Å². The van der Waals surface area contributed by atoms with Gasteiger partial charge in [-0.2, -0.15) is 18.3 Å². The average Bonchev–Trinajstić information content (AvgIpc) is 2.61. The Balaban J connectivity index is 1.93.